The van der Waals surface area contributed by atoms with E-state index in [4.69, 9.17) is 18.9 Å². The van der Waals surface area contributed by atoms with Crippen LogP contribution < -0.4 is 14.8 Å². The summed E-state index contributed by atoms with van der Waals surface area (Å²) in [6.45, 7) is 0.316. The maximum Gasteiger partial charge on any atom is 0.412 e. The Balaban J connectivity index is 1.52. The highest BCUT2D eigenvalue weighted by Crippen LogP contribution is 2.36. The Kier molecular flexibility index (Phi) is 7.09. The maximum absolute atomic E-state index is 12.7. The van der Waals surface area contributed by atoms with Crippen LogP contribution in [0.2, 0.25) is 0 Å². The van der Waals surface area contributed by atoms with Gasteiger partial charge in [0, 0.05) is 22.7 Å². The van der Waals surface area contributed by atoms with Gasteiger partial charge in [-0.2, -0.15) is 12.6 Å². The molecule has 0 aliphatic carbocycles. The van der Waals surface area contributed by atoms with Crippen LogP contribution in [0, 0.1) is 0 Å². The molecule has 33 heavy (non-hydrogen) atoms. The Morgan fingerprint density at radius 1 is 1.06 bits per heavy atom. The second kappa shape index (κ2) is 10.4. The molecule has 1 atom stereocenters. The number of phenols is 1. The van der Waals surface area contributed by atoms with Gasteiger partial charge in [-0.3, -0.25) is 10.1 Å². The number of hydrogen-bond donors (Lipinski definition) is 3. The number of thiol groups is 1. The molecule has 1 aliphatic heterocycles. The van der Waals surface area contributed by atoms with E-state index in [1.807, 2.05) is 18.2 Å². The lowest BCUT2D eigenvalue weighted by Crippen LogP contribution is -2.18. The fraction of sp³-hybridized carbons (Fsp3) is 0.250. The summed E-state index contributed by atoms with van der Waals surface area (Å²) in [6.07, 6.45) is -0.414. The second-order valence-corrected chi connectivity index (χ2v) is 7.64. The molecule has 0 aromatic heterocycles. The number of benzene rings is 3. The zero-order valence-electron chi connectivity index (χ0n) is 17.7. The number of anilines is 1. The molecule has 3 aromatic carbocycles. The summed E-state index contributed by atoms with van der Waals surface area (Å²) < 4.78 is 21.5. The number of phenolic OH excluding ortho intramolecular Hbond substituents is 1. The van der Waals surface area contributed by atoms with Crippen LogP contribution >= 0.6 is 12.6 Å². The van der Waals surface area contributed by atoms with E-state index in [2.05, 4.69) is 17.9 Å². The number of aromatic hydroxyl groups is 1. The molecule has 172 valence electrons. The average Bonchev–Trinajstić information content (AvgIpc) is 3.29. The summed E-state index contributed by atoms with van der Waals surface area (Å²) in [6, 6.07) is 15.7. The summed E-state index contributed by atoms with van der Waals surface area (Å²) in [5, 5.41) is 14.4. The number of carbonyl (C=O) groups excluding carboxylic acids is 2. The summed E-state index contributed by atoms with van der Waals surface area (Å²) in [5.74, 6) is 0.880. The molecule has 0 bridgehead atoms. The summed E-state index contributed by atoms with van der Waals surface area (Å²) >= 11 is 3.89. The van der Waals surface area contributed by atoms with Crippen LogP contribution in [0.1, 0.15) is 24.5 Å². The molecule has 3 aromatic rings. The predicted octanol–water partition coefficient (Wildman–Crippen LogP) is 4.82. The highest BCUT2D eigenvalue weighted by Gasteiger charge is 2.21. The van der Waals surface area contributed by atoms with Crippen LogP contribution in [0.4, 0.5) is 10.5 Å². The normalized spacial score (nSPS) is 12.9. The quantitative estimate of drug-likeness (QED) is 0.247. The van der Waals surface area contributed by atoms with E-state index >= 15 is 0 Å². The number of carbonyl (C=O) groups is 2. The van der Waals surface area contributed by atoms with E-state index in [9.17, 15) is 14.7 Å². The Hall–Kier alpha value is -3.59. The molecule has 8 nitrogen and oxygen atoms in total. The first-order valence-corrected chi connectivity index (χ1v) is 11.0. The van der Waals surface area contributed by atoms with Crippen molar-refractivity contribution in [2.75, 3.05) is 24.5 Å². The van der Waals surface area contributed by atoms with E-state index in [1.165, 1.54) is 0 Å². The molecular formula is C24H23NO7S. The minimum Gasteiger partial charge on any atom is -0.507 e. The topological polar surface area (TPSA) is 103 Å². The van der Waals surface area contributed by atoms with Gasteiger partial charge in [0.05, 0.1) is 12.4 Å². The first-order chi connectivity index (χ1) is 16.0. The molecular weight excluding hydrogens is 446 g/mol. The lowest BCUT2D eigenvalue weighted by atomic mass is 9.97. The summed E-state index contributed by atoms with van der Waals surface area (Å²) in [4.78, 5) is 24.1. The Bertz CT molecular complexity index is 1170. The van der Waals surface area contributed by atoms with Crippen molar-refractivity contribution >= 4 is 41.2 Å². The molecule has 2 N–H and O–H groups in total. The zero-order valence-corrected chi connectivity index (χ0v) is 18.5. The van der Waals surface area contributed by atoms with Crippen LogP contribution in [0.5, 0.6) is 17.2 Å². The zero-order chi connectivity index (χ0) is 23.2. The van der Waals surface area contributed by atoms with Crippen molar-refractivity contribution in [2.24, 2.45) is 0 Å². The molecule has 1 amide bonds. The third-order valence-corrected chi connectivity index (χ3v) is 5.41. The minimum absolute atomic E-state index is 0.000463. The molecule has 0 saturated heterocycles. The number of fused-ring (bicyclic) bond motifs is 2. The third kappa shape index (κ3) is 5.43. The Labute approximate surface area is 195 Å². The van der Waals surface area contributed by atoms with Crippen LogP contribution in [-0.2, 0) is 14.3 Å². The van der Waals surface area contributed by atoms with Crippen molar-refractivity contribution in [3.05, 3.63) is 60.2 Å². The van der Waals surface area contributed by atoms with E-state index < -0.39 is 18.2 Å². The number of rotatable bonds is 8. The van der Waals surface area contributed by atoms with Gasteiger partial charge in [-0.15, -0.1) is 0 Å². The average molecular weight is 470 g/mol. The highest BCUT2D eigenvalue weighted by atomic mass is 32.1. The van der Waals surface area contributed by atoms with E-state index in [1.54, 1.807) is 36.4 Å². The molecule has 0 radical (unpaired) electrons. The molecule has 9 heteroatoms. The van der Waals surface area contributed by atoms with Gasteiger partial charge in [-0.25, -0.2) is 4.79 Å². The molecule has 0 unspecified atom stereocenters. The van der Waals surface area contributed by atoms with Gasteiger partial charge >= 0.3 is 12.1 Å². The van der Waals surface area contributed by atoms with Crippen LogP contribution in [-0.4, -0.2) is 36.3 Å². The minimum atomic E-state index is -0.650. The SMILES string of the molecule is O=C(CS)OCCC[C@H](OC(=O)Nc1ccc2c(c1)OCO2)c1ccc(O)c2ccccc12. The third-order valence-electron chi connectivity index (χ3n) is 5.15. The van der Waals surface area contributed by atoms with Gasteiger partial charge < -0.3 is 24.1 Å². The predicted molar refractivity (Wildman–Crippen MR) is 125 cm³/mol. The first kappa shape index (κ1) is 22.6. The number of nitrogens with one attached hydrogen (secondary N) is 1. The van der Waals surface area contributed by atoms with Gasteiger partial charge in [0.15, 0.2) is 11.5 Å². The lowest BCUT2D eigenvalue weighted by Gasteiger charge is -2.21. The van der Waals surface area contributed by atoms with E-state index in [0.29, 0.717) is 35.4 Å². The highest BCUT2D eigenvalue weighted by molar-refractivity contribution is 7.81. The molecule has 4 rings (SSSR count). The summed E-state index contributed by atoms with van der Waals surface area (Å²) in [7, 11) is 0. The second-order valence-electron chi connectivity index (χ2n) is 7.33. The monoisotopic (exact) mass is 469 g/mol. The number of ether oxygens (including phenoxy) is 4. The van der Waals surface area contributed by atoms with Crippen LogP contribution in [0.3, 0.4) is 0 Å². The molecule has 0 saturated carbocycles. The maximum atomic E-state index is 12.7. The molecule has 1 heterocycles. The Morgan fingerprint density at radius 2 is 1.85 bits per heavy atom. The van der Waals surface area contributed by atoms with Crippen LogP contribution in [0.15, 0.2) is 54.6 Å². The van der Waals surface area contributed by atoms with E-state index in [-0.39, 0.29) is 24.9 Å². The van der Waals surface area contributed by atoms with Gasteiger partial charge in [0.2, 0.25) is 6.79 Å². The molecule has 1 aliphatic rings. The van der Waals surface area contributed by atoms with Crippen molar-refractivity contribution < 1.29 is 33.6 Å². The van der Waals surface area contributed by atoms with Gasteiger partial charge in [-0.1, -0.05) is 30.3 Å². The van der Waals surface area contributed by atoms with Gasteiger partial charge in [0.25, 0.3) is 0 Å². The fourth-order valence-electron chi connectivity index (χ4n) is 3.62. The van der Waals surface area contributed by atoms with Gasteiger partial charge in [-0.05, 0) is 36.4 Å². The van der Waals surface area contributed by atoms with Crippen molar-refractivity contribution in [2.45, 2.75) is 18.9 Å². The number of hydrogen-bond acceptors (Lipinski definition) is 8. The summed E-state index contributed by atoms with van der Waals surface area (Å²) in [5.41, 5.74) is 1.24. The fourth-order valence-corrected chi connectivity index (χ4v) is 3.71. The smallest absolute Gasteiger partial charge is 0.412 e. The number of amides is 1. The first-order valence-electron chi connectivity index (χ1n) is 10.4. The van der Waals surface area contributed by atoms with Crippen molar-refractivity contribution in [3.63, 3.8) is 0 Å². The lowest BCUT2D eigenvalue weighted by molar-refractivity contribution is -0.140. The molecule has 0 spiro atoms. The standard InChI is InChI=1S/C24H23NO7S/c26-19-9-8-18(16-4-1-2-5-17(16)19)20(6-3-11-29-23(27)13-33)32-24(28)25-15-7-10-21-22(12-15)31-14-30-21/h1-2,4-5,7-10,12,20,26,33H,3,6,11,13-14H2,(H,25,28)/t20-/m0/s1. The van der Waals surface area contributed by atoms with Crippen molar-refractivity contribution in [1.29, 1.82) is 0 Å². The number of esters is 1. The van der Waals surface area contributed by atoms with Crippen molar-refractivity contribution in [3.8, 4) is 17.2 Å². The Morgan fingerprint density at radius 3 is 2.67 bits per heavy atom. The largest absolute Gasteiger partial charge is 0.507 e. The van der Waals surface area contributed by atoms with Crippen LogP contribution in [0.25, 0.3) is 10.8 Å². The van der Waals surface area contributed by atoms with Gasteiger partial charge in [0.1, 0.15) is 11.9 Å². The van der Waals surface area contributed by atoms with Crippen molar-refractivity contribution in [1.82, 2.24) is 0 Å². The van der Waals surface area contributed by atoms with E-state index in [0.717, 1.165) is 10.9 Å². The molecule has 0 fully saturated rings.